The summed E-state index contributed by atoms with van der Waals surface area (Å²) in [5.74, 6) is 1.12. The van der Waals surface area contributed by atoms with Gasteiger partial charge in [0.15, 0.2) is 11.3 Å². The van der Waals surface area contributed by atoms with Crippen LogP contribution in [0.5, 0.6) is 0 Å². The Morgan fingerprint density at radius 2 is 2.08 bits per heavy atom. The Hall–Kier alpha value is -2.93. The van der Waals surface area contributed by atoms with E-state index in [1.807, 2.05) is 13.0 Å². The van der Waals surface area contributed by atoms with Gasteiger partial charge in [0.25, 0.3) is 0 Å². The van der Waals surface area contributed by atoms with E-state index in [0.29, 0.717) is 39.6 Å². The molecule has 11 heteroatoms. The highest BCUT2D eigenvalue weighted by molar-refractivity contribution is 6.35. The highest BCUT2D eigenvalue weighted by Crippen LogP contribution is 2.35. The van der Waals surface area contributed by atoms with Crippen LogP contribution in [0, 0.1) is 23.2 Å². The molecule has 5 rings (SSSR count). The van der Waals surface area contributed by atoms with Gasteiger partial charge >= 0.3 is 5.97 Å². The van der Waals surface area contributed by atoms with Crippen molar-refractivity contribution in [2.45, 2.75) is 32.2 Å². The lowest BCUT2D eigenvalue weighted by Gasteiger charge is -2.47. The normalized spacial score (nSPS) is 19.7. The van der Waals surface area contributed by atoms with Crippen molar-refractivity contribution in [3.8, 4) is 6.07 Å². The number of hydrogen-bond acceptors (Lipinski definition) is 7. The molecule has 2 atom stereocenters. The Labute approximate surface area is 219 Å². The first-order valence-corrected chi connectivity index (χ1v) is 12.9. The summed E-state index contributed by atoms with van der Waals surface area (Å²) in [6.07, 6.45) is 4.18. The molecule has 0 spiro atoms. The number of likely N-dealkylation sites (tertiary alicyclic amines) is 1. The smallest absolute Gasteiger partial charge is 0.304 e. The van der Waals surface area contributed by atoms with Gasteiger partial charge in [0.05, 0.1) is 18.7 Å². The van der Waals surface area contributed by atoms with Gasteiger partial charge in [0, 0.05) is 36.2 Å². The van der Waals surface area contributed by atoms with Gasteiger partial charge in [-0.2, -0.15) is 10.4 Å². The van der Waals surface area contributed by atoms with E-state index in [1.165, 1.54) is 6.42 Å². The van der Waals surface area contributed by atoms with Gasteiger partial charge in [-0.05, 0) is 55.8 Å². The van der Waals surface area contributed by atoms with Crippen molar-refractivity contribution in [3.63, 3.8) is 0 Å². The lowest BCUT2D eigenvalue weighted by atomic mass is 9.80. The van der Waals surface area contributed by atoms with Crippen LogP contribution in [0.15, 0.2) is 24.4 Å². The number of benzene rings is 1. The van der Waals surface area contributed by atoms with Crippen molar-refractivity contribution in [2.75, 3.05) is 37.6 Å². The molecule has 9 nitrogen and oxygen atoms in total. The zero-order valence-electron chi connectivity index (χ0n) is 19.9. The number of aliphatic carboxylic acids is 1. The molecular weight excluding hydrogens is 501 g/mol. The minimum atomic E-state index is -0.743. The molecule has 2 aromatic heterocycles. The van der Waals surface area contributed by atoms with Crippen LogP contribution in [0.3, 0.4) is 0 Å². The van der Waals surface area contributed by atoms with Gasteiger partial charge in [-0.15, -0.1) is 0 Å². The molecule has 2 aliphatic heterocycles. The van der Waals surface area contributed by atoms with Crippen LogP contribution < -0.4 is 4.90 Å². The average molecular weight is 528 g/mol. The first kappa shape index (κ1) is 24.8. The number of carboxylic acids is 1. The van der Waals surface area contributed by atoms with E-state index in [9.17, 15) is 10.1 Å². The van der Waals surface area contributed by atoms with E-state index in [1.54, 1.807) is 23.0 Å². The zero-order chi connectivity index (χ0) is 25.4. The molecule has 0 radical (unpaired) electrons. The fourth-order valence-electron chi connectivity index (χ4n) is 5.30. The Balaban J connectivity index is 1.33. The summed E-state index contributed by atoms with van der Waals surface area (Å²) in [6.45, 7) is 6.27. The first-order chi connectivity index (χ1) is 17.3. The molecule has 0 bridgehead atoms. The van der Waals surface area contributed by atoms with Crippen molar-refractivity contribution in [1.29, 1.82) is 5.26 Å². The van der Waals surface area contributed by atoms with Crippen molar-refractivity contribution in [3.05, 3.63) is 45.7 Å². The van der Waals surface area contributed by atoms with E-state index >= 15 is 0 Å². The number of halogens is 2. The number of aromatic nitrogens is 4. The number of piperidine rings is 1. The van der Waals surface area contributed by atoms with Crippen LogP contribution in [0.2, 0.25) is 10.0 Å². The second-order valence-electron chi connectivity index (χ2n) is 9.66. The lowest BCUT2D eigenvalue weighted by molar-refractivity contribution is -0.137. The lowest BCUT2D eigenvalue weighted by Crippen LogP contribution is -2.54. The number of fused-ring (bicyclic) bond motifs is 1. The number of carbonyl (C=O) groups is 1. The molecular formula is C25H27Cl2N7O2. The van der Waals surface area contributed by atoms with Crippen molar-refractivity contribution in [2.24, 2.45) is 11.8 Å². The van der Waals surface area contributed by atoms with Gasteiger partial charge in [-0.3, -0.25) is 4.79 Å². The fourth-order valence-corrected chi connectivity index (χ4v) is 5.87. The van der Waals surface area contributed by atoms with E-state index in [4.69, 9.17) is 33.3 Å². The number of anilines is 1. The monoisotopic (exact) mass is 527 g/mol. The van der Waals surface area contributed by atoms with E-state index in [2.05, 4.69) is 26.0 Å². The second-order valence-corrected chi connectivity index (χ2v) is 10.5. The molecule has 0 unspecified atom stereocenters. The summed E-state index contributed by atoms with van der Waals surface area (Å²) < 4.78 is 1.71. The Morgan fingerprint density at radius 3 is 2.81 bits per heavy atom. The number of carboxylic acid groups (broad SMARTS) is 1. The van der Waals surface area contributed by atoms with Gasteiger partial charge in [0.1, 0.15) is 17.4 Å². The minimum absolute atomic E-state index is 0.192. The van der Waals surface area contributed by atoms with Gasteiger partial charge in [0.2, 0.25) is 0 Å². The summed E-state index contributed by atoms with van der Waals surface area (Å²) in [5, 5.41) is 24.2. The summed E-state index contributed by atoms with van der Waals surface area (Å²) in [6, 6.07) is 7.18. The van der Waals surface area contributed by atoms with Crippen molar-refractivity contribution in [1.82, 2.24) is 24.6 Å². The SMILES string of the molecule is C[C@H](c1ccc(Cl)cc1Cl)n1nc(C#N)c2ncc(N3CC([C@@H]4CCCN(CCC(=O)O)C4)C3)nc21. The number of nitriles is 1. The van der Waals surface area contributed by atoms with Crippen LogP contribution in [0.1, 0.15) is 43.5 Å². The second kappa shape index (κ2) is 10.2. The third-order valence-electron chi connectivity index (χ3n) is 7.36. The maximum absolute atomic E-state index is 10.9. The maximum atomic E-state index is 10.9. The standard InChI is InChI=1S/C25H27Cl2N7O2/c1-15(19-5-4-18(26)9-20(19)27)34-25-24(21(10-28)31-34)29-11-22(30-25)33-13-17(14-33)16-3-2-7-32(12-16)8-6-23(35)36/h4-5,9,11,15-17H,2-3,6-8,12-14H2,1H3,(H,35,36)/t15-,16-/m1/s1. The average Bonchev–Trinajstić information content (AvgIpc) is 3.20. The molecule has 4 heterocycles. The fraction of sp³-hybridized carbons (Fsp3) is 0.480. The Bertz CT molecular complexity index is 1330. The summed E-state index contributed by atoms with van der Waals surface area (Å²) in [5.41, 5.74) is 2.07. The predicted octanol–water partition coefficient (Wildman–Crippen LogP) is 4.24. The molecule has 36 heavy (non-hydrogen) atoms. The third kappa shape index (κ3) is 4.85. The topological polar surface area (TPSA) is 111 Å². The summed E-state index contributed by atoms with van der Waals surface area (Å²) in [7, 11) is 0. The quantitative estimate of drug-likeness (QED) is 0.485. The van der Waals surface area contributed by atoms with Gasteiger partial charge in [-0.25, -0.2) is 14.6 Å². The van der Waals surface area contributed by atoms with Crippen LogP contribution in [-0.4, -0.2) is 68.4 Å². The number of nitrogens with zero attached hydrogens (tertiary/aromatic N) is 7. The van der Waals surface area contributed by atoms with E-state index < -0.39 is 5.97 Å². The molecule has 1 aromatic carbocycles. The maximum Gasteiger partial charge on any atom is 0.304 e. The van der Waals surface area contributed by atoms with Gasteiger partial charge < -0.3 is 14.9 Å². The third-order valence-corrected chi connectivity index (χ3v) is 7.92. The molecule has 0 aliphatic carbocycles. The minimum Gasteiger partial charge on any atom is -0.481 e. The molecule has 2 saturated heterocycles. The Morgan fingerprint density at radius 1 is 1.28 bits per heavy atom. The summed E-state index contributed by atoms with van der Waals surface area (Å²) in [4.78, 5) is 24.8. The molecule has 188 valence electrons. The first-order valence-electron chi connectivity index (χ1n) is 12.1. The van der Waals surface area contributed by atoms with E-state index in [-0.39, 0.29) is 18.2 Å². The van der Waals surface area contributed by atoms with Gasteiger partial charge in [-0.1, -0.05) is 29.3 Å². The van der Waals surface area contributed by atoms with E-state index in [0.717, 1.165) is 44.0 Å². The number of rotatable bonds is 7. The highest BCUT2D eigenvalue weighted by Gasteiger charge is 2.37. The number of hydrogen-bond donors (Lipinski definition) is 1. The highest BCUT2D eigenvalue weighted by atomic mass is 35.5. The van der Waals surface area contributed by atoms with Crippen molar-refractivity contribution >= 4 is 46.2 Å². The molecule has 3 aromatic rings. The van der Waals surface area contributed by atoms with Crippen LogP contribution >= 0.6 is 23.2 Å². The molecule has 2 aliphatic rings. The zero-order valence-corrected chi connectivity index (χ0v) is 21.5. The molecule has 0 amide bonds. The van der Waals surface area contributed by atoms with Crippen molar-refractivity contribution < 1.29 is 9.90 Å². The van der Waals surface area contributed by atoms with Crippen LogP contribution in [-0.2, 0) is 4.79 Å². The molecule has 0 saturated carbocycles. The van der Waals surface area contributed by atoms with Crippen LogP contribution in [0.4, 0.5) is 5.82 Å². The predicted molar refractivity (Wildman–Crippen MR) is 137 cm³/mol. The molecule has 2 fully saturated rings. The van der Waals surface area contributed by atoms with Crippen LogP contribution in [0.25, 0.3) is 11.2 Å². The summed E-state index contributed by atoms with van der Waals surface area (Å²) >= 11 is 12.5. The Kier molecular flexibility index (Phi) is 7.02. The molecule has 1 N–H and O–H groups in total. The largest absolute Gasteiger partial charge is 0.481 e.